The Bertz CT molecular complexity index is 1410. The van der Waals surface area contributed by atoms with Gasteiger partial charge in [-0.3, -0.25) is 10.1 Å². The first-order chi connectivity index (χ1) is 16.8. The van der Waals surface area contributed by atoms with Gasteiger partial charge in [0.2, 0.25) is 0 Å². The number of methoxy groups -OCH3 is 1. The van der Waals surface area contributed by atoms with Crippen LogP contribution in [0.4, 0.5) is 4.79 Å². The maximum Gasteiger partial charge on any atom is 0.339 e. The Balaban J connectivity index is 1.86. The maximum atomic E-state index is 13.2. The molecule has 0 aliphatic heterocycles. The fraction of sp³-hybridized carbons (Fsp3) is 0.160. The molecule has 10 nitrogen and oxygen atoms in total. The lowest BCUT2D eigenvalue weighted by Gasteiger charge is -2.14. The minimum absolute atomic E-state index is 0.180. The molecule has 4 rings (SSSR count). The van der Waals surface area contributed by atoms with E-state index in [9.17, 15) is 14.4 Å². The van der Waals surface area contributed by atoms with Crippen LogP contribution in [0.5, 0.6) is 5.75 Å². The summed E-state index contributed by atoms with van der Waals surface area (Å²) in [5.74, 6) is -0.924. The van der Waals surface area contributed by atoms with Crippen molar-refractivity contribution >= 4 is 28.9 Å². The van der Waals surface area contributed by atoms with Crippen molar-refractivity contribution in [2.24, 2.45) is 5.73 Å². The monoisotopic (exact) mass is 473 g/mol. The number of carbonyl (C=O) groups excluding carboxylic acids is 3. The highest BCUT2D eigenvalue weighted by molar-refractivity contribution is 6.06. The molecule has 0 bridgehead atoms. The van der Waals surface area contributed by atoms with E-state index in [0.29, 0.717) is 28.2 Å². The number of ether oxygens (including phenoxy) is 2. The molecule has 1 atom stereocenters. The molecule has 178 valence electrons. The molecular formula is C25H23N5O5. The molecule has 35 heavy (non-hydrogen) atoms. The van der Waals surface area contributed by atoms with Crippen LogP contribution in [0.3, 0.4) is 0 Å². The summed E-state index contributed by atoms with van der Waals surface area (Å²) in [6, 6.07) is 17.2. The Kier molecular flexibility index (Phi) is 6.45. The van der Waals surface area contributed by atoms with Gasteiger partial charge in [-0.1, -0.05) is 18.2 Å². The van der Waals surface area contributed by atoms with Crippen LogP contribution in [-0.4, -0.2) is 45.9 Å². The number of hydrogen-bond donors (Lipinski definition) is 2. The lowest BCUT2D eigenvalue weighted by atomic mass is 10.1. The Hall–Kier alpha value is -4.73. The average molecular weight is 473 g/mol. The van der Waals surface area contributed by atoms with Crippen molar-refractivity contribution in [3.63, 3.8) is 0 Å². The lowest BCUT2D eigenvalue weighted by molar-refractivity contribution is -0.127. The first-order valence-corrected chi connectivity index (χ1v) is 10.7. The summed E-state index contributed by atoms with van der Waals surface area (Å²) >= 11 is 0. The Morgan fingerprint density at radius 3 is 2.37 bits per heavy atom. The molecule has 3 N–H and O–H groups in total. The third kappa shape index (κ3) is 4.81. The molecule has 2 aromatic carbocycles. The number of esters is 1. The normalized spacial score (nSPS) is 11.6. The van der Waals surface area contributed by atoms with E-state index >= 15 is 0 Å². The van der Waals surface area contributed by atoms with Crippen molar-refractivity contribution in [2.45, 2.75) is 20.0 Å². The number of nitrogens with two attached hydrogens (primary N) is 1. The summed E-state index contributed by atoms with van der Waals surface area (Å²) in [5, 5.41) is 6.99. The summed E-state index contributed by atoms with van der Waals surface area (Å²) < 4.78 is 12.2. The number of amides is 3. The van der Waals surface area contributed by atoms with E-state index in [4.69, 9.17) is 20.2 Å². The van der Waals surface area contributed by atoms with E-state index in [2.05, 4.69) is 5.10 Å². The largest absolute Gasteiger partial charge is 0.497 e. The summed E-state index contributed by atoms with van der Waals surface area (Å²) in [6.45, 7) is 3.11. The molecule has 0 spiro atoms. The number of pyridine rings is 1. The number of aryl methyl sites for hydroxylation is 1. The summed E-state index contributed by atoms with van der Waals surface area (Å²) in [5.41, 5.74) is 8.17. The lowest BCUT2D eigenvalue weighted by Crippen LogP contribution is -2.42. The highest BCUT2D eigenvalue weighted by Crippen LogP contribution is 2.30. The quantitative estimate of drug-likeness (QED) is 0.410. The molecule has 0 unspecified atom stereocenters. The molecule has 2 heterocycles. The minimum atomic E-state index is -1.26. The zero-order valence-electron chi connectivity index (χ0n) is 19.3. The topological polar surface area (TPSA) is 138 Å². The van der Waals surface area contributed by atoms with E-state index in [1.807, 2.05) is 47.8 Å². The summed E-state index contributed by atoms with van der Waals surface area (Å²) in [4.78, 5) is 41.1. The van der Waals surface area contributed by atoms with Gasteiger partial charge in [0.05, 0.1) is 35.1 Å². The third-order valence-corrected chi connectivity index (χ3v) is 5.32. The van der Waals surface area contributed by atoms with Crippen LogP contribution in [0.2, 0.25) is 0 Å². The SMILES string of the molecule is COc1ccc(-c2cc(C(=O)O[C@@H](C)C(=O)NC(N)=O)c3c(C)nn(-c4ccccc4)c3n2)cc1. The zero-order valence-corrected chi connectivity index (χ0v) is 19.3. The Morgan fingerprint density at radius 2 is 1.74 bits per heavy atom. The first-order valence-electron chi connectivity index (χ1n) is 10.7. The number of rotatable bonds is 6. The zero-order chi connectivity index (χ0) is 25.1. The van der Waals surface area contributed by atoms with Gasteiger partial charge in [-0.05, 0) is 56.3 Å². The predicted octanol–water partition coefficient (Wildman–Crippen LogP) is 3.14. The van der Waals surface area contributed by atoms with Crippen LogP contribution in [0.1, 0.15) is 23.0 Å². The third-order valence-electron chi connectivity index (χ3n) is 5.32. The molecule has 0 saturated heterocycles. The molecule has 10 heteroatoms. The van der Waals surface area contributed by atoms with Gasteiger partial charge in [-0.15, -0.1) is 0 Å². The van der Waals surface area contributed by atoms with Gasteiger partial charge in [0.15, 0.2) is 11.8 Å². The van der Waals surface area contributed by atoms with Crippen molar-refractivity contribution in [3.05, 3.63) is 71.9 Å². The minimum Gasteiger partial charge on any atom is -0.497 e. The summed E-state index contributed by atoms with van der Waals surface area (Å²) in [6.07, 6.45) is -1.26. The molecular weight excluding hydrogens is 450 g/mol. The predicted molar refractivity (Wildman–Crippen MR) is 128 cm³/mol. The number of imide groups is 1. The summed E-state index contributed by atoms with van der Waals surface area (Å²) in [7, 11) is 1.57. The number of nitrogens with one attached hydrogen (secondary N) is 1. The van der Waals surface area contributed by atoms with Crippen LogP contribution in [0.15, 0.2) is 60.7 Å². The number of benzene rings is 2. The molecule has 0 radical (unpaired) electrons. The molecule has 0 aliphatic rings. The van der Waals surface area contributed by atoms with Gasteiger partial charge in [-0.2, -0.15) is 5.10 Å². The van der Waals surface area contributed by atoms with E-state index in [0.717, 1.165) is 11.3 Å². The van der Waals surface area contributed by atoms with Crippen LogP contribution < -0.4 is 15.8 Å². The van der Waals surface area contributed by atoms with Gasteiger partial charge in [0.25, 0.3) is 5.91 Å². The molecule has 3 amide bonds. The number of primary amides is 1. The van der Waals surface area contributed by atoms with Gasteiger partial charge in [0.1, 0.15) is 5.75 Å². The number of aromatic nitrogens is 3. The van der Waals surface area contributed by atoms with E-state index in [1.165, 1.54) is 6.92 Å². The smallest absolute Gasteiger partial charge is 0.339 e. The van der Waals surface area contributed by atoms with Crippen LogP contribution in [-0.2, 0) is 9.53 Å². The molecule has 0 aliphatic carbocycles. The van der Waals surface area contributed by atoms with Crippen molar-refractivity contribution in [3.8, 4) is 22.7 Å². The van der Waals surface area contributed by atoms with Gasteiger partial charge in [-0.25, -0.2) is 19.3 Å². The molecule has 0 saturated carbocycles. The van der Waals surface area contributed by atoms with E-state index < -0.39 is 24.0 Å². The van der Waals surface area contributed by atoms with Crippen molar-refractivity contribution in [2.75, 3.05) is 7.11 Å². The number of carbonyl (C=O) groups is 3. The standard InChI is InChI=1S/C25H23N5O5/c1-14-21-19(24(32)35-15(2)23(31)28-25(26)33)13-20(16-9-11-18(34-3)12-10-16)27-22(21)30(29-14)17-7-5-4-6-8-17/h4-13,15H,1-3H3,(H3,26,28,31,33)/t15-/m0/s1. The highest BCUT2D eigenvalue weighted by Gasteiger charge is 2.25. The molecule has 4 aromatic rings. The van der Waals surface area contributed by atoms with Crippen molar-refractivity contribution in [1.29, 1.82) is 0 Å². The first kappa shape index (κ1) is 23.4. The Morgan fingerprint density at radius 1 is 1.06 bits per heavy atom. The second kappa shape index (κ2) is 9.64. The van der Waals surface area contributed by atoms with Crippen LogP contribution in [0, 0.1) is 6.92 Å². The molecule has 0 fully saturated rings. The van der Waals surface area contributed by atoms with Gasteiger partial charge < -0.3 is 15.2 Å². The van der Waals surface area contributed by atoms with Crippen LogP contribution in [0.25, 0.3) is 28.0 Å². The number of fused-ring (bicyclic) bond motifs is 1. The van der Waals surface area contributed by atoms with Crippen molar-refractivity contribution < 1.29 is 23.9 Å². The number of urea groups is 1. The van der Waals surface area contributed by atoms with Crippen LogP contribution >= 0.6 is 0 Å². The van der Waals surface area contributed by atoms with Gasteiger partial charge in [0, 0.05) is 5.56 Å². The number of hydrogen-bond acceptors (Lipinski definition) is 7. The van der Waals surface area contributed by atoms with E-state index in [-0.39, 0.29) is 5.56 Å². The molecule has 2 aromatic heterocycles. The fourth-order valence-electron chi connectivity index (χ4n) is 3.61. The fourth-order valence-corrected chi connectivity index (χ4v) is 3.61. The average Bonchev–Trinajstić information content (AvgIpc) is 3.20. The number of nitrogens with zero attached hydrogens (tertiary/aromatic N) is 3. The maximum absolute atomic E-state index is 13.2. The highest BCUT2D eigenvalue weighted by atomic mass is 16.5. The van der Waals surface area contributed by atoms with E-state index in [1.54, 1.807) is 36.9 Å². The second-order valence-electron chi connectivity index (χ2n) is 7.72. The van der Waals surface area contributed by atoms with Gasteiger partial charge >= 0.3 is 12.0 Å². The van der Waals surface area contributed by atoms with Crippen molar-refractivity contribution in [1.82, 2.24) is 20.1 Å². The second-order valence-corrected chi connectivity index (χ2v) is 7.72. The Labute approximate surface area is 200 Å². The number of para-hydroxylation sites is 1.